The second kappa shape index (κ2) is 4.86. The highest BCUT2D eigenvalue weighted by Crippen LogP contribution is 2.26. The van der Waals surface area contributed by atoms with E-state index in [1.54, 1.807) is 0 Å². The fourth-order valence-corrected chi connectivity index (χ4v) is 1.59. The van der Waals surface area contributed by atoms with Gasteiger partial charge in [0.1, 0.15) is 0 Å². The van der Waals surface area contributed by atoms with Gasteiger partial charge in [-0.15, -0.1) is 0 Å². The summed E-state index contributed by atoms with van der Waals surface area (Å²) < 4.78 is 0.952. The number of nitrogens with one attached hydrogen (secondary N) is 1. The number of nitrogens with two attached hydrogens (primary N) is 1. The number of hydrogen-bond acceptors (Lipinski definition) is 3. The van der Waals surface area contributed by atoms with Crippen molar-refractivity contribution < 1.29 is 5.11 Å². The van der Waals surface area contributed by atoms with E-state index in [2.05, 4.69) is 21.2 Å². The smallest absolute Gasteiger partial charge is 0.0658 e. The van der Waals surface area contributed by atoms with E-state index in [0.717, 1.165) is 16.6 Å². The molecule has 0 heterocycles. The Kier molecular flexibility index (Phi) is 3.99. The molecule has 4 heteroatoms. The summed E-state index contributed by atoms with van der Waals surface area (Å²) in [5.74, 6) is 0. The molecule has 1 aromatic rings. The molecule has 0 aromatic heterocycles. The minimum absolute atomic E-state index is 0.0823. The fourth-order valence-electron chi connectivity index (χ4n) is 1.21. The summed E-state index contributed by atoms with van der Waals surface area (Å²) in [5.41, 5.74) is 7.08. The van der Waals surface area contributed by atoms with Crippen LogP contribution in [-0.2, 0) is 0 Å². The summed E-state index contributed by atoms with van der Waals surface area (Å²) in [6.45, 7) is 4.08. The van der Waals surface area contributed by atoms with Crippen LogP contribution in [0.3, 0.4) is 0 Å². The highest BCUT2D eigenvalue weighted by Gasteiger charge is 2.21. The van der Waals surface area contributed by atoms with Gasteiger partial charge in [-0.1, -0.05) is 22.9 Å². The Labute approximate surface area is 98.8 Å². The molecule has 0 saturated carbocycles. The van der Waals surface area contributed by atoms with Gasteiger partial charge in [-0.3, -0.25) is 0 Å². The summed E-state index contributed by atoms with van der Waals surface area (Å²) in [7, 11) is 0. The largest absolute Gasteiger partial charge is 0.397 e. The Balaban J connectivity index is 2.89. The van der Waals surface area contributed by atoms with Gasteiger partial charge in [-0.2, -0.15) is 0 Å². The molecule has 1 unspecified atom stereocenters. The third-order valence-corrected chi connectivity index (χ3v) is 3.07. The molecule has 0 amide bonds. The number of benzene rings is 1. The molecule has 3 nitrogen and oxygen atoms in total. The zero-order chi connectivity index (χ0) is 11.5. The normalized spacial score (nSPS) is 14.7. The number of nitrogen functional groups attached to an aromatic ring is 1. The summed E-state index contributed by atoms with van der Waals surface area (Å²) >= 11 is 3.35. The Morgan fingerprint density at radius 3 is 2.67 bits per heavy atom. The lowest BCUT2D eigenvalue weighted by Gasteiger charge is -2.29. The predicted molar refractivity (Wildman–Crippen MR) is 68.0 cm³/mol. The number of halogens is 1. The molecule has 4 N–H and O–H groups in total. The van der Waals surface area contributed by atoms with E-state index in [-0.39, 0.29) is 12.1 Å². The van der Waals surface area contributed by atoms with Crippen LogP contribution in [0.1, 0.15) is 20.3 Å². The Bertz CT molecular complexity index is 337. The minimum Gasteiger partial charge on any atom is -0.397 e. The van der Waals surface area contributed by atoms with Gasteiger partial charge in [-0.05, 0) is 31.5 Å². The van der Waals surface area contributed by atoms with Crippen molar-refractivity contribution in [1.29, 1.82) is 0 Å². The minimum atomic E-state index is -0.318. The van der Waals surface area contributed by atoms with Gasteiger partial charge in [0.25, 0.3) is 0 Å². The zero-order valence-electron chi connectivity index (χ0n) is 9.05. The second-order valence-electron chi connectivity index (χ2n) is 3.93. The first-order valence-corrected chi connectivity index (χ1v) is 5.74. The summed E-state index contributed by atoms with van der Waals surface area (Å²) in [6.07, 6.45) is 0.832. The predicted octanol–water partition coefficient (Wildman–Crippen LogP) is 2.60. The van der Waals surface area contributed by atoms with Crippen molar-refractivity contribution in [2.45, 2.75) is 25.8 Å². The van der Waals surface area contributed by atoms with Crippen LogP contribution in [0.4, 0.5) is 11.4 Å². The maximum atomic E-state index is 9.28. The summed E-state index contributed by atoms with van der Waals surface area (Å²) in [6, 6.07) is 5.67. The number of rotatable bonds is 4. The topological polar surface area (TPSA) is 58.3 Å². The molecular formula is C11H17BrN2O. The Morgan fingerprint density at radius 2 is 2.20 bits per heavy atom. The average molecular weight is 273 g/mol. The molecule has 1 atom stereocenters. The van der Waals surface area contributed by atoms with Gasteiger partial charge in [-0.25, -0.2) is 0 Å². The molecule has 15 heavy (non-hydrogen) atoms. The molecule has 1 aromatic carbocycles. The lowest BCUT2D eigenvalue weighted by Crippen LogP contribution is -2.38. The van der Waals surface area contributed by atoms with Gasteiger partial charge in [0, 0.05) is 4.47 Å². The molecule has 0 saturated heterocycles. The number of anilines is 2. The maximum Gasteiger partial charge on any atom is 0.0658 e. The lowest BCUT2D eigenvalue weighted by molar-refractivity contribution is 0.219. The van der Waals surface area contributed by atoms with Crippen molar-refractivity contribution in [3.05, 3.63) is 22.7 Å². The number of aliphatic hydroxyl groups excluding tert-OH is 1. The third kappa shape index (κ3) is 3.11. The fraction of sp³-hybridized carbons (Fsp3) is 0.455. The van der Waals surface area contributed by atoms with Crippen LogP contribution >= 0.6 is 15.9 Å². The van der Waals surface area contributed by atoms with Crippen LogP contribution in [0.25, 0.3) is 0 Å². The summed E-state index contributed by atoms with van der Waals surface area (Å²) in [5, 5.41) is 12.5. The van der Waals surface area contributed by atoms with Crippen molar-refractivity contribution >= 4 is 27.3 Å². The molecule has 0 radical (unpaired) electrons. The molecular weight excluding hydrogens is 256 g/mol. The molecule has 0 aliphatic heterocycles. The first-order valence-electron chi connectivity index (χ1n) is 4.95. The van der Waals surface area contributed by atoms with E-state index in [0.29, 0.717) is 5.69 Å². The molecule has 0 spiro atoms. The summed E-state index contributed by atoms with van der Waals surface area (Å²) in [4.78, 5) is 0. The maximum absolute atomic E-state index is 9.28. The first-order chi connectivity index (χ1) is 7.00. The molecule has 1 rings (SSSR count). The highest BCUT2D eigenvalue weighted by atomic mass is 79.9. The SMILES string of the molecule is CCC(C)(CO)Nc1ccc(Br)cc1N. The monoisotopic (exact) mass is 272 g/mol. The van der Waals surface area contributed by atoms with Gasteiger partial charge in [0.15, 0.2) is 0 Å². The second-order valence-corrected chi connectivity index (χ2v) is 4.84. The van der Waals surface area contributed by atoms with Crippen molar-refractivity contribution in [2.75, 3.05) is 17.7 Å². The van der Waals surface area contributed by atoms with E-state index >= 15 is 0 Å². The molecule has 0 fully saturated rings. The standard InChI is InChI=1S/C11H17BrN2O/c1-3-11(2,7-15)14-10-5-4-8(12)6-9(10)13/h4-6,14-15H,3,7,13H2,1-2H3. The Hall–Kier alpha value is -0.740. The quantitative estimate of drug-likeness (QED) is 0.739. The van der Waals surface area contributed by atoms with Crippen LogP contribution in [0, 0.1) is 0 Å². The van der Waals surface area contributed by atoms with Gasteiger partial charge in [0.2, 0.25) is 0 Å². The van der Waals surface area contributed by atoms with E-state index in [4.69, 9.17) is 5.73 Å². The van der Waals surface area contributed by atoms with E-state index < -0.39 is 0 Å². The van der Waals surface area contributed by atoms with Crippen molar-refractivity contribution in [3.8, 4) is 0 Å². The van der Waals surface area contributed by atoms with Crippen LogP contribution in [0.2, 0.25) is 0 Å². The van der Waals surface area contributed by atoms with Crippen LogP contribution in [0.5, 0.6) is 0 Å². The van der Waals surface area contributed by atoms with E-state index in [1.165, 1.54) is 0 Å². The van der Waals surface area contributed by atoms with Crippen LogP contribution in [-0.4, -0.2) is 17.3 Å². The van der Waals surface area contributed by atoms with Crippen molar-refractivity contribution in [2.24, 2.45) is 0 Å². The van der Waals surface area contributed by atoms with E-state index in [1.807, 2.05) is 32.0 Å². The average Bonchev–Trinajstić information content (AvgIpc) is 2.22. The molecule has 0 aliphatic carbocycles. The van der Waals surface area contributed by atoms with Crippen LogP contribution < -0.4 is 11.1 Å². The highest BCUT2D eigenvalue weighted by molar-refractivity contribution is 9.10. The lowest BCUT2D eigenvalue weighted by atomic mass is 9.99. The van der Waals surface area contributed by atoms with E-state index in [9.17, 15) is 5.11 Å². The zero-order valence-corrected chi connectivity index (χ0v) is 10.6. The third-order valence-electron chi connectivity index (χ3n) is 2.58. The van der Waals surface area contributed by atoms with Crippen LogP contribution in [0.15, 0.2) is 22.7 Å². The first kappa shape index (κ1) is 12.3. The Morgan fingerprint density at radius 1 is 1.53 bits per heavy atom. The number of hydrogen-bond donors (Lipinski definition) is 3. The van der Waals surface area contributed by atoms with Gasteiger partial charge >= 0.3 is 0 Å². The molecule has 84 valence electrons. The molecule has 0 bridgehead atoms. The van der Waals surface area contributed by atoms with Gasteiger partial charge < -0.3 is 16.2 Å². The number of aliphatic hydroxyl groups is 1. The van der Waals surface area contributed by atoms with Gasteiger partial charge in [0.05, 0.1) is 23.5 Å². The van der Waals surface area contributed by atoms with Crippen molar-refractivity contribution in [3.63, 3.8) is 0 Å². The van der Waals surface area contributed by atoms with Crippen molar-refractivity contribution in [1.82, 2.24) is 0 Å². The molecule has 0 aliphatic rings.